The average molecular weight is 350 g/mol. The summed E-state index contributed by atoms with van der Waals surface area (Å²) in [6.45, 7) is 0. The van der Waals surface area contributed by atoms with Crippen molar-refractivity contribution in [1.29, 1.82) is 0 Å². The summed E-state index contributed by atoms with van der Waals surface area (Å²) in [6.07, 6.45) is 2.00. The molecule has 0 aliphatic carbocycles. The number of hydrogen-bond acceptors (Lipinski definition) is 5. The molecule has 0 aliphatic rings. The third-order valence-electron chi connectivity index (χ3n) is 3.78. The molecular weight excluding hydrogens is 332 g/mol. The van der Waals surface area contributed by atoms with Crippen molar-refractivity contribution in [2.45, 2.75) is 6.10 Å². The summed E-state index contributed by atoms with van der Waals surface area (Å²) >= 11 is 0. The Bertz CT molecular complexity index is 875. The van der Waals surface area contributed by atoms with Gasteiger partial charge in [-0.25, -0.2) is 14.5 Å². The van der Waals surface area contributed by atoms with Crippen molar-refractivity contribution < 1.29 is 14.3 Å². The molecule has 0 unspecified atom stereocenters. The Morgan fingerprint density at radius 2 is 1.73 bits per heavy atom. The van der Waals surface area contributed by atoms with Gasteiger partial charge in [0.15, 0.2) is 0 Å². The summed E-state index contributed by atoms with van der Waals surface area (Å²) in [5, 5.41) is 4.03. The minimum Gasteiger partial charge on any atom is -0.444 e. The van der Waals surface area contributed by atoms with E-state index in [2.05, 4.69) is 10.1 Å². The fourth-order valence-corrected chi connectivity index (χ4v) is 2.39. The molecule has 1 heterocycles. The molecule has 0 fully saturated rings. The minimum absolute atomic E-state index is 0.302. The predicted molar refractivity (Wildman–Crippen MR) is 94.7 cm³/mol. The SMILES string of the molecule is CN(C)C(=O)[C@@H](OC(=O)c1ccc(-n2cncn2)cc1)c1ccccc1. The second-order valence-electron chi connectivity index (χ2n) is 5.82. The molecule has 0 spiro atoms. The van der Waals surface area contributed by atoms with E-state index < -0.39 is 12.1 Å². The summed E-state index contributed by atoms with van der Waals surface area (Å²) in [4.78, 5) is 30.3. The predicted octanol–water partition coefficient (Wildman–Crippen LogP) is 2.25. The van der Waals surface area contributed by atoms with E-state index in [9.17, 15) is 9.59 Å². The molecule has 1 aromatic heterocycles. The smallest absolute Gasteiger partial charge is 0.339 e. The fraction of sp³-hybridized carbons (Fsp3) is 0.158. The van der Waals surface area contributed by atoms with Gasteiger partial charge >= 0.3 is 5.97 Å². The molecule has 0 aliphatic heterocycles. The topological polar surface area (TPSA) is 77.3 Å². The Hall–Kier alpha value is -3.48. The van der Waals surface area contributed by atoms with Gasteiger partial charge in [-0.2, -0.15) is 5.10 Å². The molecule has 3 rings (SSSR count). The molecule has 0 saturated carbocycles. The van der Waals surface area contributed by atoms with Gasteiger partial charge in [0.1, 0.15) is 12.7 Å². The van der Waals surface area contributed by atoms with E-state index in [1.54, 1.807) is 73.6 Å². The van der Waals surface area contributed by atoms with Crippen molar-refractivity contribution in [1.82, 2.24) is 19.7 Å². The molecule has 0 N–H and O–H groups in total. The molecule has 1 amide bonds. The largest absolute Gasteiger partial charge is 0.444 e. The molecule has 0 bridgehead atoms. The zero-order chi connectivity index (χ0) is 18.5. The Kier molecular flexibility index (Phi) is 5.07. The molecule has 0 radical (unpaired) electrons. The van der Waals surface area contributed by atoms with Gasteiger partial charge < -0.3 is 9.64 Å². The Morgan fingerprint density at radius 3 is 2.31 bits per heavy atom. The number of benzene rings is 2. The lowest BCUT2D eigenvalue weighted by Crippen LogP contribution is -2.31. The maximum atomic E-state index is 12.5. The quantitative estimate of drug-likeness (QED) is 0.660. The summed E-state index contributed by atoms with van der Waals surface area (Å²) in [5.41, 5.74) is 1.74. The number of aromatic nitrogens is 3. The molecule has 7 heteroatoms. The van der Waals surface area contributed by atoms with Gasteiger partial charge in [0.2, 0.25) is 6.10 Å². The molecule has 3 aromatic rings. The fourth-order valence-electron chi connectivity index (χ4n) is 2.39. The average Bonchev–Trinajstić information content (AvgIpc) is 3.21. The van der Waals surface area contributed by atoms with Crippen LogP contribution in [0.4, 0.5) is 0 Å². The molecule has 0 saturated heterocycles. The minimum atomic E-state index is -0.992. The number of amides is 1. The lowest BCUT2D eigenvalue weighted by atomic mass is 10.1. The second kappa shape index (κ2) is 7.60. The third kappa shape index (κ3) is 3.77. The van der Waals surface area contributed by atoms with Crippen LogP contribution < -0.4 is 0 Å². The monoisotopic (exact) mass is 350 g/mol. The first kappa shape index (κ1) is 17.3. The molecular formula is C19H18N4O3. The van der Waals surface area contributed by atoms with Gasteiger partial charge in [0.05, 0.1) is 11.3 Å². The van der Waals surface area contributed by atoms with E-state index in [0.717, 1.165) is 5.69 Å². The highest BCUT2D eigenvalue weighted by atomic mass is 16.5. The van der Waals surface area contributed by atoms with Gasteiger partial charge in [0.25, 0.3) is 5.91 Å². The van der Waals surface area contributed by atoms with Crippen molar-refractivity contribution in [3.63, 3.8) is 0 Å². The van der Waals surface area contributed by atoms with E-state index in [1.807, 2.05) is 6.07 Å². The van der Waals surface area contributed by atoms with Crippen LogP contribution in [0.1, 0.15) is 22.0 Å². The van der Waals surface area contributed by atoms with Gasteiger partial charge in [-0.15, -0.1) is 0 Å². The maximum Gasteiger partial charge on any atom is 0.339 e. The van der Waals surface area contributed by atoms with Crippen LogP contribution in [0.3, 0.4) is 0 Å². The van der Waals surface area contributed by atoms with Crippen LogP contribution in [0.15, 0.2) is 67.3 Å². The van der Waals surface area contributed by atoms with E-state index in [1.165, 1.54) is 11.2 Å². The lowest BCUT2D eigenvalue weighted by Gasteiger charge is -2.21. The Labute approximate surface area is 150 Å². The highest BCUT2D eigenvalue weighted by Crippen LogP contribution is 2.21. The van der Waals surface area contributed by atoms with Crippen molar-refractivity contribution in [3.05, 3.63) is 78.4 Å². The summed E-state index contributed by atoms with van der Waals surface area (Å²) < 4.78 is 7.09. The normalized spacial score (nSPS) is 11.6. The number of hydrogen-bond donors (Lipinski definition) is 0. The van der Waals surface area contributed by atoms with Gasteiger partial charge in [0, 0.05) is 19.7 Å². The number of ether oxygens (including phenoxy) is 1. The first-order valence-electron chi connectivity index (χ1n) is 7.98. The van der Waals surface area contributed by atoms with Gasteiger partial charge in [-0.05, 0) is 24.3 Å². The van der Waals surface area contributed by atoms with Crippen molar-refractivity contribution >= 4 is 11.9 Å². The molecule has 26 heavy (non-hydrogen) atoms. The third-order valence-corrected chi connectivity index (χ3v) is 3.78. The number of rotatable bonds is 5. The number of carbonyl (C=O) groups excluding carboxylic acids is 2. The van der Waals surface area contributed by atoms with Gasteiger partial charge in [-0.3, -0.25) is 4.79 Å². The van der Waals surface area contributed by atoms with E-state index >= 15 is 0 Å². The van der Waals surface area contributed by atoms with Crippen LogP contribution >= 0.6 is 0 Å². The van der Waals surface area contributed by atoms with Gasteiger partial charge in [-0.1, -0.05) is 30.3 Å². The first-order chi connectivity index (χ1) is 12.6. The number of likely N-dealkylation sites (N-methyl/N-ethyl adjacent to an activating group) is 1. The van der Waals surface area contributed by atoms with E-state index in [4.69, 9.17) is 4.74 Å². The van der Waals surface area contributed by atoms with E-state index in [-0.39, 0.29) is 5.91 Å². The summed E-state index contributed by atoms with van der Waals surface area (Å²) in [6, 6.07) is 15.7. The Balaban J connectivity index is 1.80. The molecule has 7 nitrogen and oxygen atoms in total. The Morgan fingerprint density at radius 1 is 1.04 bits per heavy atom. The molecule has 1 atom stereocenters. The number of carbonyl (C=O) groups is 2. The maximum absolute atomic E-state index is 12.5. The van der Waals surface area contributed by atoms with E-state index in [0.29, 0.717) is 11.1 Å². The van der Waals surface area contributed by atoms with Crippen LogP contribution in [0.25, 0.3) is 5.69 Å². The summed E-state index contributed by atoms with van der Waals surface area (Å²) in [7, 11) is 3.25. The zero-order valence-corrected chi connectivity index (χ0v) is 14.4. The number of nitrogens with zero attached hydrogens (tertiary/aromatic N) is 4. The standard InChI is InChI=1S/C19H18N4O3/c1-22(2)18(24)17(14-6-4-3-5-7-14)26-19(25)15-8-10-16(11-9-15)23-13-20-12-21-23/h3-13,17H,1-2H3/t17-/m0/s1. The zero-order valence-electron chi connectivity index (χ0n) is 14.4. The van der Waals surface area contributed by atoms with Crippen molar-refractivity contribution in [2.75, 3.05) is 14.1 Å². The van der Waals surface area contributed by atoms with Crippen LogP contribution in [0.5, 0.6) is 0 Å². The second-order valence-corrected chi connectivity index (χ2v) is 5.82. The lowest BCUT2D eigenvalue weighted by molar-refractivity contribution is -0.138. The van der Waals surface area contributed by atoms with Crippen LogP contribution in [0.2, 0.25) is 0 Å². The number of esters is 1. The van der Waals surface area contributed by atoms with Crippen LogP contribution in [-0.4, -0.2) is 45.6 Å². The summed E-state index contributed by atoms with van der Waals surface area (Å²) in [5.74, 6) is -0.872. The highest BCUT2D eigenvalue weighted by molar-refractivity contribution is 5.92. The molecule has 132 valence electrons. The van der Waals surface area contributed by atoms with Crippen LogP contribution in [-0.2, 0) is 9.53 Å². The van der Waals surface area contributed by atoms with Crippen LogP contribution in [0, 0.1) is 0 Å². The van der Waals surface area contributed by atoms with Crippen molar-refractivity contribution in [2.24, 2.45) is 0 Å². The molecule has 2 aromatic carbocycles. The van der Waals surface area contributed by atoms with Crippen molar-refractivity contribution in [3.8, 4) is 5.69 Å². The first-order valence-corrected chi connectivity index (χ1v) is 7.98. The highest BCUT2D eigenvalue weighted by Gasteiger charge is 2.26.